The van der Waals surface area contributed by atoms with Crippen LogP contribution >= 0.6 is 0 Å². The monoisotopic (exact) mass is 488 g/mol. The summed E-state index contributed by atoms with van der Waals surface area (Å²) in [7, 11) is 0. The largest absolute Gasteiger partial charge is 0.471 e. The Bertz CT molecular complexity index is 1130. The average molecular weight is 489 g/mol. The lowest BCUT2D eigenvalue weighted by Crippen LogP contribution is -2.52. The van der Waals surface area contributed by atoms with Crippen LogP contribution in [-0.2, 0) is 17.4 Å². The number of aliphatic hydroxyl groups excluding tert-OH is 1. The van der Waals surface area contributed by atoms with Crippen LogP contribution in [0.3, 0.4) is 0 Å². The molecule has 0 unspecified atom stereocenters. The second-order valence-electron chi connectivity index (χ2n) is 9.31. The number of fused-ring (bicyclic) bond motifs is 1. The van der Waals surface area contributed by atoms with Gasteiger partial charge in [-0.3, -0.25) is 4.79 Å². The summed E-state index contributed by atoms with van der Waals surface area (Å²) in [4.78, 5) is 15.7. The second kappa shape index (κ2) is 9.84. The fourth-order valence-corrected chi connectivity index (χ4v) is 4.72. The van der Waals surface area contributed by atoms with Crippen LogP contribution in [0.1, 0.15) is 60.9 Å². The van der Waals surface area contributed by atoms with Gasteiger partial charge in [-0.15, -0.1) is 0 Å². The zero-order valence-corrected chi connectivity index (χ0v) is 19.2. The van der Waals surface area contributed by atoms with E-state index in [4.69, 9.17) is 10.00 Å². The lowest BCUT2D eigenvalue weighted by Gasteiger charge is -2.47. The molecule has 0 saturated heterocycles. The van der Waals surface area contributed by atoms with E-state index >= 15 is 0 Å². The van der Waals surface area contributed by atoms with Crippen LogP contribution in [0.2, 0.25) is 0 Å². The van der Waals surface area contributed by atoms with E-state index in [9.17, 15) is 23.1 Å². The molecule has 2 aliphatic rings. The van der Waals surface area contributed by atoms with Crippen LogP contribution in [0, 0.1) is 11.3 Å². The van der Waals surface area contributed by atoms with Gasteiger partial charge in [-0.2, -0.15) is 18.4 Å². The molecular weight excluding hydrogens is 461 g/mol. The van der Waals surface area contributed by atoms with Crippen LogP contribution in [-0.4, -0.2) is 40.3 Å². The van der Waals surface area contributed by atoms with E-state index in [-0.39, 0.29) is 24.8 Å². The molecule has 1 fully saturated rings. The van der Waals surface area contributed by atoms with Crippen molar-refractivity contribution in [1.29, 1.82) is 5.26 Å². The number of carbonyl (C=O) groups is 1. The molecule has 1 aromatic carbocycles. The molecule has 186 valence electrons. The summed E-state index contributed by atoms with van der Waals surface area (Å²) in [6.45, 7) is 1.37. The molecule has 1 spiro atoms. The van der Waals surface area contributed by atoms with Gasteiger partial charge in [0.1, 0.15) is 5.60 Å². The minimum atomic E-state index is -4.54. The molecule has 7 nitrogen and oxygen atoms in total. The first-order chi connectivity index (χ1) is 16.6. The van der Waals surface area contributed by atoms with E-state index in [1.165, 1.54) is 6.92 Å². The molecule has 1 aliphatic heterocycles. The van der Waals surface area contributed by atoms with Gasteiger partial charge < -0.3 is 20.5 Å². The Morgan fingerprint density at radius 3 is 2.77 bits per heavy atom. The van der Waals surface area contributed by atoms with E-state index in [2.05, 4.69) is 21.7 Å². The topological polar surface area (TPSA) is 107 Å². The average Bonchev–Trinajstić information content (AvgIpc) is 2.79. The number of aromatic nitrogens is 1. The zero-order valence-electron chi connectivity index (χ0n) is 19.2. The van der Waals surface area contributed by atoms with Gasteiger partial charge in [0.2, 0.25) is 11.8 Å². The Hall–Kier alpha value is -3.16. The van der Waals surface area contributed by atoms with E-state index in [1.807, 2.05) is 0 Å². The highest BCUT2D eigenvalue weighted by Crippen LogP contribution is 2.49. The van der Waals surface area contributed by atoms with Crippen molar-refractivity contribution in [2.75, 3.05) is 6.54 Å². The summed E-state index contributed by atoms with van der Waals surface area (Å²) in [6.07, 6.45) is -1.49. The van der Waals surface area contributed by atoms with E-state index in [0.717, 1.165) is 37.1 Å². The highest BCUT2D eigenvalue weighted by atomic mass is 19.4. The Morgan fingerprint density at radius 1 is 1.37 bits per heavy atom. The maximum absolute atomic E-state index is 13.3. The number of amides is 1. The predicted octanol–water partition coefficient (Wildman–Crippen LogP) is 3.42. The molecule has 1 saturated carbocycles. The molecule has 10 heteroatoms. The first-order valence-corrected chi connectivity index (χ1v) is 11.5. The summed E-state index contributed by atoms with van der Waals surface area (Å²) in [5.74, 6) is -0.142. The Kier molecular flexibility index (Phi) is 7.01. The standard InChI is InChI=1S/C25H27F3N4O3/c1-15(33)32-20(9-16-4-2-5-17(8-16)12-29)22(34)14-30-21-11-24(6-3-7-24)35-23-19(21)10-18(13-31-23)25(26,27)28/h2,4-5,8,10,13,20-22,30,34H,3,6-7,9,11,14H2,1H3,(H,32,33)/t20-,21-,22+/m0/s1. The molecule has 1 amide bonds. The Labute approximate surface area is 201 Å². The maximum Gasteiger partial charge on any atom is 0.417 e. The van der Waals surface area contributed by atoms with Gasteiger partial charge in [-0.05, 0) is 49.4 Å². The summed E-state index contributed by atoms with van der Waals surface area (Å²) in [6, 6.07) is 8.84. The van der Waals surface area contributed by atoms with Crippen LogP contribution in [0.4, 0.5) is 13.2 Å². The minimum Gasteiger partial charge on any atom is -0.471 e. The van der Waals surface area contributed by atoms with Crippen molar-refractivity contribution >= 4 is 5.91 Å². The second-order valence-corrected chi connectivity index (χ2v) is 9.31. The third-order valence-electron chi connectivity index (χ3n) is 6.67. The van der Waals surface area contributed by atoms with Crippen LogP contribution in [0.25, 0.3) is 0 Å². The zero-order chi connectivity index (χ0) is 25.2. The smallest absolute Gasteiger partial charge is 0.417 e. The van der Waals surface area contributed by atoms with Crippen molar-refractivity contribution < 1.29 is 27.8 Å². The fourth-order valence-electron chi connectivity index (χ4n) is 4.72. The van der Waals surface area contributed by atoms with Crippen LogP contribution in [0.15, 0.2) is 36.5 Å². The molecule has 3 N–H and O–H groups in total. The normalized spacial score (nSPS) is 20.1. The molecule has 2 heterocycles. The van der Waals surface area contributed by atoms with Gasteiger partial charge in [0.05, 0.1) is 29.3 Å². The lowest BCUT2D eigenvalue weighted by molar-refractivity contribution is -0.138. The van der Waals surface area contributed by atoms with E-state index in [1.54, 1.807) is 24.3 Å². The molecule has 0 bridgehead atoms. The van der Waals surface area contributed by atoms with Gasteiger partial charge in [-0.25, -0.2) is 4.98 Å². The third-order valence-corrected chi connectivity index (χ3v) is 6.67. The van der Waals surface area contributed by atoms with E-state index in [0.29, 0.717) is 17.5 Å². The Morgan fingerprint density at radius 2 is 2.14 bits per heavy atom. The number of aliphatic hydroxyl groups is 1. The lowest BCUT2D eigenvalue weighted by atomic mass is 9.73. The SMILES string of the molecule is CC(=O)N[C@@H](Cc1cccc(C#N)c1)[C@H](O)CN[C@H]1CC2(CCC2)Oc2ncc(C(F)(F)F)cc21. The first kappa shape index (κ1) is 24.9. The summed E-state index contributed by atoms with van der Waals surface area (Å²) < 4.78 is 45.9. The number of halogens is 3. The number of hydrogen-bond acceptors (Lipinski definition) is 6. The summed E-state index contributed by atoms with van der Waals surface area (Å²) in [5, 5.41) is 26.0. The highest BCUT2D eigenvalue weighted by molar-refractivity contribution is 5.73. The first-order valence-electron chi connectivity index (χ1n) is 11.5. The Balaban J connectivity index is 1.52. The molecule has 2 aromatic rings. The van der Waals surface area contributed by atoms with Crippen molar-refractivity contribution in [2.24, 2.45) is 0 Å². The number of carbonyl (C=O) groups excluding carboxylic acids is 1. The minimum absolute atomic E-state index is 0.0271. The molecule has 0 radical (unpaired) electrons. The van der Waals surface area contributed by atoms with Gasteiger partial charge >= 0.3 is 6.18 Å². The molecule has 35 heavy (non-hydrogen) atoms. The van der Waals surface area contributed by atoms with Gasteiger partial charge in [0.15, 0.2) is 0 Å². The number of nitrogens with one attached hydrogen (secondary N) is 2. The summed E-state index contributed by atoms with van der Waals surface area (Å²) >= 11 is 0. The van der Waals surface area contributed by atoms with Crippen LogP contribution < -0.4 is 15.4 Å². The van der Waals surface area contributed by atoms with Crippen molar-refractivity contribution in [1.82, 2.24) is 15.6 Å². The molecule has 1 aliphatic carbocycles. The molecule has 4 rings (SSSR count). The highest BCUT2D eigenvalue weighted by Gasteiger charge is 2.47. The van der Waals surface area contributed by atoms with Gasteiger partial charge in [0, 0.05) is 37.7 Å². The number of pyridine rings is 1. The predicted molar refractivity (Wildman–Crippen MR) is 120 cm³/mol. The number of benzene rings is 1. The van der Waals surface area contributed by atoms with Crippen molar-refractivity contribution in [3.63, 3.8) is 0 Å². The quantitative estimate of drug-likeness (QED) is 0.552. The van der Waals surface area contributed by atoms with E-state index < -0.39 is 35.5 Å². The van der Waals surface area contributed by atoms with Crippen LogP contribution in [0.5, 0.6) is 5.88 Å². The summed E-state index contributed by atoms with van der Waals surface area (Å²) in [5.41, 5.74) is 0.226. The van der Waals surface area contributed by atoms with Gasteiger partial charge in [0.25, 0.3) is 0 Å². The number of alkyl halides is 3. The maximum atomic E-state index is 13.3. The van der Waals surface area contributed by atoms with Crippen molar-refractivity contribution in [3.05, 3.63) is 58.8 Å². The fraction of sp³-hybridized carbons (Fsp3) is 0.480. The molecule has 1 aromatic heterocycles. The number of rotatable bonds is 7. The molecule has 3 atom stereocenters. The van der Waals surface area contributed by atoms with Crippen molar-refractivity contribution in [2.45, 2.75) is 69.0 Å². The number of nitriles is 1. The third kappa shape index (κ3) is 5.74. The van der Waals surface area contributed by atoms with Crippen molar-refractivity contribution in [3.8, 4) is 11.9 Å². The number of nitrogens with zero attached hydrogens (tertiary/aromatic N) is 2. The van der Waals surface area contributed by atoms with Gasteiger partial charge in [-0.1, -0.05) is 12.1 Å². The number of ether oxygens (including phenoxy) is 1. The molecular formula is C25H27F3N4O3. The number of hydrogen-bond donors (Lipinski definition) is 3.